The first-order valence-corrected chi connectivity index (χ1v) is 8.85. The van der Waals surface area contributed by atoms with Crippen LogP contribution in [0.3, 0.4) is 0 Å². The number of benzene rings is 1. The van der Waals surface area contributed by atoms with Crippen LogP contribution in [0.1, 0.15) is 5.56 Å². The van der Waals surface area contributed by atoms with Gasteiger partial charge in [0.2, 0.25) is 0 Å². The highest BCUT2D eigenvalue weighted by Gasteiger charge is 2.43. The molecule has 0 spiro atoms. The number of rotatable bonds is 2. The molecular formula is C17H17N3O4S. The Morgan fingerprint density at radius 3 is 2.56 bits per heavy atom. The molecule has 0 unspecified atom stereocenters. The summed E-state index contributed by atoms with van der Waals surface area (Å²) >= 11 is 0.849. The van der Waals surface area contributed by atoms with Gasteiger partial charge < -0.3 is 9.64 Å². The number of para-hydroxylation sites is 1. The first kappa shape index (κ1) is 16.3. The molecule has 0 aliphatic carbocycles. The molecule has 0 aromatic heterocycles. The first-order chi connectivity index (χ1) is 12.1. The number of fused-ring (bicyclic) bond motifs is 1. The van der Waals surface area contributed by atoms with Crippen LogP contribution in [0.5, 0.6) is 0 Å². The molecule has 0 saturated carbocycles. The maximum absolute atomic E-state index is 12.8. The fourth-order valence-corrected chi connectivity index (χ4v) is 4.13. The highest BCUT2D eigenvalue weighted by atomic mass is 32.2. The zero-order chi connectivity index (χ0) is 17.6. The number of amides is 3. The Labute approximate surface area is 149 Å². The number of morpholine rings is 1. The Morgan fingerprint density at radius 1 is 1.08 bits per heavy atom. The molecule has 2 saturated heterocycles. The van der Waals surface area contributed by atoms with Gasteiger partial charge in [-0.1, -0.05) is 18.2 Å². The van der Waals surface area contributed by atoms with Gasteiger partial charge in [0, 0.05) is 25.7 Å². The van der Waals surface area contributed by atoms with Gasteiger partial charge in [-0.25, -0.2) is 0 Å². The number of imide groups is 1. The highest BCUT2D eigenvalue weighted by Crippen LogP contribution is 2.43. The summed E-state index contributed by atoms with van der Waals surface area (Å²) in [5.41, 5.74) is 1.78. The van der Waals surface area contributed by atoms with E-state index in [1.807, 2.05) is 29.2 Å². The normalized spacial score (nSPS) is 24.4. The van der Waals surface area contributed by atoms with Gasteiger partial charge in [-0.2, -0.15) is 0 Å². The van der Waals surface area contributed by atoms with Gasteiger partial charge in [-0.3, -0.25) is 24.2 Å². The number of thioether (sulfide) groups is 1. The van der Waals surface area contributed by atoms with E-state index in [0.29, 0.717) is 37.4 Å². The van der Waals surface area contributed by atoms with Gasteiger partial charge in [0.15, 0.2) is 0 Å². The van der Waals surface area contributed by atoms with Gasteiger partial charge in [0.1, 0.15) is 0 Å². The third kappa shape index (κ3) is 2.66. The molecule has 0 radical (unpaired) electrons. The molecule has 0 atom stereocenters. The largest absolute Gasteiger partial charge is 0.379 e. The lowest BCUT2D eigenvalue weighted by Crippen LogP contribution is -2.45. The minimum atomic E-state index is -0.394. The van der Waals surface area contributed by atoms with Crippen molar-refractivity contribution in [1.82, 2.24) is 9.80 Å². The summed E-state index contributed by atoms with van der Waals surface area (Å²) in [5, 5.41) is -0.334. The van der Waals surface area contributed by atoms with Gasteiger partial charge in [-0.15, -0.1) is 0 Å². The number of likely N-dealkylation sites (N-methyl/N-ethyl adjacent to an activating group) is 1. The van der Waals surface area contributed by atoms with Crippen molar-refractivity contribution < 1.29 is 19.1 Å². The van der Waals surface area contributed by atoms with Gasteiger partial charge in [0.05, 0.1) is 36.0 Å². The second kappa shape index (κ2) is 6.29. The molecule has 3 amide bonds. The van der Waals surface area contributed by atoms with Crippen LogP contribution in [0.25, 0.3) is 5.57 Å². The molecule has 3 aliphatic rings. The maximum atomic E-state index is 12.8. The van der Waals surface area contributed by atoms with Crippen molar-refractivity contribution >= 4 is 40.1 Å². The van der Waals surface area contributed by atoms with Crippen molar-refractivity contribution in [3.05, 3.63) is 34.7 Å². The monoisotopic (exact) mass is 359 g/mol. The number of ether oxygens (including phenoxy) is 1. The van der Waals surface area contributed by atoms with Crippen LogP contribution in [0.2, 0.25) is 0 Å². The molecule has 1 aromatic carbocycles. The Bertz CT molecular complexity index is 801. The van der Waals surface area contributed by atoms with Crippen LogP contribution in [0.15, 0.2) is 29.2 Å². The van der Waals surface area contributed by atoms with Crippen LogP contribution in [-0.4, -0.2) is 66.9 Å². The van der Waals surface area contributed by atoms with Crippen molar-refractivity contribution in [1.29, 1.82) is 0 Å². The minimum absolute atomic E-state index is 0.222. The maximum Gasteiger partial charge on any atom is 0.294 e. The molecule has 7 nitrogen and oxygen atoms in total. The topological polar surface area (TPSA) is 70.2 Å². The van der Waals surface area contributed by atoms with E-state index in [1.165, 1.54) is 9.80 Å². The van der Waals surface area contributed by atoms with E-state index in [9.17, 15) is 14.4 Å². The zero-order valence-corrected chi connectivity index (χ0v) is 14.5. The molecule has 0 N–H and O–H groups in total. The summed E-state index contributed by atoms with van der Waals surface area (Å²) in [7, 11) is 1.67. The highest BCUT2D eigenvalue weighted by molar-refractivity contribution is 8.18. The van der Waals surface area contributed by atoms with Gasteiger partial charge in [0.25, 0.3) is 17.1 Å². The molecule has 3 heterocycles. The summed E-state index contributed by atoms with van der Waals surface area (Å²) < 4.78 is 5.29. The van der Waals surface area contributed by atoms with Crippen molar-refractivity contribution in [3.63, 3.8) is 0 Å². The number of nitrogens with zero attached hydrogens (tertiary/aromatic N) is 3. The first-order valence-electron chi connectivity index (χ1n) is 8.03. The van der Waals surface area contributed by atoms with E-state index < -0.39 is 5.91 Å². The quantitative estimate of drug-likeness (QED) is 0.743. The van der Waals surface area contributed by atoms with Crippen LogP contribution in [-0.2, 0) is 14.3 Å². The summed E-state index contributed by atoms with van der Waals surface area (Å²) in [5.74, 6) is -0.645. The number of hydrogen-bond donors (Lipinski definition) is 0. The average Bonchev–Trinajstić information content (AvgIpc) is 3.04. The van der Waals surface area contributed by atoms with Crippen molar-refractivity contribution in [2.75, 3.05) is 44.9 Å². The molecule has 1 aromatic rings. The smallest absolute Gasteiger partial charge is 0.294 e. The Kier molecular flexibility index (Phi) is 4.10. The average molecular weight is 359 g/mol. The number of carbonyl (C=O) groups is 3. The summed E-state index contributed by atoms with van der Waals surface area (Å²) in [6.07, 6.45) is 0. The lowest BCUT2D eigenvalue weighted by atomic mass is 10.1. The van der Waals surface area contributed by atoms with E-state index in [1.54, 1.807) is 7.05 Å². The van der Waals surface area contributed by atoms with Crippen LogP contribution in [0.4, 0.5) is 10.5 Å². The SMILES string of the molecule is CN1C(=O)/C(=C2\SC(=O)N(CN3CCOCC3)C2=O)c2ccccc21. The van der Waals surface area contributed by atoms with Crippen molar-refractivity contribution in [2.24, 2.45) is 0 Å². The molecule has 4 rings (SSSR count). The molecule has 0 bridgehead atoms. The lowest BCUT2D eigenvalue weighted by Gasteiger charge is -2.29. The molecule has 2 fully saturated rings. The summed E-state index contributed by atoms with van der Waals surface area (Å²) in [6, 6.07) is 7.30. The summed E-state index contributed by atoms with van der Waals surface area (Å²) in [4.78, 5) is 42.8. The van der Waals surface area contributed by atoms with Crippen LogP contribution < -0.4 is 4.90 Å². The number of hydrogen-bond acceptors (Lipinski definition) is 6. The van der Waals surface area contributed by atoms with Crippen molar-refractivity contribution in [3.8, 4) is 0 Å². The standard InChI is InChI=1S/C17H17N3O4S/c1-18-12-5-3-2-4-11(12)13(15(18)21)14-16(22)20(17(23)25-14)10-19-6-8-24-9-7-19/h2-5H,6-10H2,1H3/b14-13-. The number of anilines is 1. The summed E-state index contributed by atoms with van der Waals surface area (Å²) in [6.45, 7) is 2.77. The van der Waals surface area contributed by atoms with Crippen LogP contribution >= 0.6 is 11.8 Å². The van der Waals surface area contributed by atoms with Gasteiger partial charge >= 0.3 is 0 Å². The van der Waals surface area contributed by atoms with Gasteiger partial charge in [-0.05, 0) is 17.8 Å². The third-order valence-corrected chi connectivity index (χ3v) is 5.55. The Balaban J connectivity index is 1.67. The zero-order valence-electron chi connectivity index (χ0n) is 13.7. The molecule has 130 valence electrons. The fraction of sp³-hybridized carbons (Fsp3) is 0.353. The van der Waals surface area contributed by atoms with E-state index in [2.05, 4.69) is 0 Å². The Morgan fingerprint density at radius 2 is 1.80 bits per heavy atom. The molecule has 25 heavy (non-hydrogen) atoms. The van der Waals surface area contributed by atoms with Crippen LogP contribution in [0, 0.1) is 0 Å². The Hall–Kier alpha value is -2.16. The second-order valence-electron chi connectivity index (χ2n) is 6.06. The minimum Gasteiger partial charge on any atom is -0.379 e. The van der Waals surface area contributed by atoms with Crippen molar-refractivity contribution in [2.45, 2.75) is 0 Å². The van der Waals surface area contributed by atoms with E-state index in [-0.39, 0.29) is 22.7 Å². The second-order valence-corrected chi connectivity index (χ2v) is 7.02. The number of carbonyl (C=O) groups excluding carboxylic acids is 3. The van der Waals surface area contributed by atoms with E-state index in [0.717, 1.165) is 17.4 Å². The van der Waals surface area contributed by atoms with E-state index >= 15 is 0 Å². The fourth-order valence-electron chi connectivity index (χ4n) is 3.20. The third-order valence-electron chi connectivity index (χ3n) is 4.57. The van der Waals surface area contributed by atoms with E-state index in [4.69, 9.17) is 4.74 Å². The predicted molar refractivity (Wildman–Crippen MR) is 93.9 cm³/mol. The lowest BCUT2D eigenvalue weighted by molar-refractivity contribution is -0.125. The molecular weight excluding hydrogens is 342 g/mol. The molecule has 8 heteroatoms. The molecule has 3 aliphatic heterocycles. The predicted octanol–water partition coefficient (Wildman–Crippen LogP) is 1.36.